The smallest absolute Gasteiger partial charge is 0.227 e. The van der Waals surface area contributed by atoms with Crippen LogP contribution in [0.2, 0.25) is 9.36 Å². The zero-order valence-electron chi connectivity index (χ0n) is 18.0. The van der Waals surface area contributed by atoms with Crippen molar-refractivity contribution in [1.29, 1.82) is 0 Å². The molecule has 1 aliphatic rings. The van der Waals surface area contributed by atoms with E-state index in [-0.39, 0.29) is 17.7 Å². The molecule has 3 aromatic rings. The molecular weight excluding hydrogens is 488 g/mol. The molecule has 3 heterocycles. The topological polar surface area (TPSA) is 81.5 Å². The summed E-state index contributed by atoms with van der Waals surface area (Å²) in [5.41, 5.74) is 2.03. The molecule has 33 heavy (non-hydrogen) atoms. The number of aromatic nitrogens is 4. The molecule has 8 nitrogen and oxygen atoms in total. The summed E-state index contributed by atoms with van der Waals surface area (Å²) in [7, 11) is 1.81. The summed E-state index contributed by atoms with van der Waals surface area (Å²) in [6.45, 7) is 7.77. The Bertz CT molecular complexity index is 1180. The predicted octanol–water partition coefficient (Wildman–Crippen LogP) is 4.10. The fourth-order valence-electron chi connectivity index (χ4n) is 3.42. The number of benzene rings is 1. The number of halogens is 3. The van der Waals surface area contributed by atoms with Crippen molar-refractivity contribution in [2.75, 3.05) is 48.0 Å². The Morgan fingerprint density at radius 2 is 2.06 bits per heavy atom. The van der Waals surface area contributed by atoms with Gasteiger partial charge in [0.05, 0.1) is 29.9 Å². The maximum Gasteiger partial charge on any atom is 0.227 e. The Hall–Kier alpha value is -2.53. The van der Waals surface area contributed by atoms with Crippen molar-refractivity contribution in [3.63, 3.8) is 0 Å². The highest BCUT2D eigenvalue weighted by Gasteiger charge is 2.26. The summed E-state index contributed by atoms with van der Waals surface area (Å²) in [6, 6.07) is 6.08. The van der Waals surface area contributed by atoms with Crippen LogP contribution in [0.1, 0.15) is 6.92 Å². The largest absolute Gasteiger partial charge is 0.394 e. The molecule has 1 aliphatic heterocycles. The van der Waals surface area contributed by atoms with Gasteiger partial charge in [-0.1, -0.05) is 34.3 Å². The number of likely N-dealkylation sites (N-methyl/N-ethyl adjacent to an activating group) is 1. The van der Waals surface area contributed by atoms with E-state index in [1.807, 2.05) is 29.8 Å². The van der Waals surface area contributed by atoms with Crippen LogP contribution in [0.15, 0.2) is 36.5 Å². The van der Waals surface area contributed by atoms with Gasteiger partial charge in [-0.25, -0.2) is 9.37 Å². The van der Waals surface area contributed by atoms with Gasteiger partial charge in [0.15, 0.2) is 10.2 Å². The van der Waals surface area contributed by atoms with Gasteiger partial charge in [-0.3, -0.25) is 0 Å². The van der Waals surface area contributed by atoms with Crippen molar-refractivity contribution in [1.82, 2.24) is 19.6 Å². The van der Waals surface area contributed by atoms with Crippen molar-refractivity contribution >= 4 is 52.3 Å². The second-order valence-corrected chi connectivity index (χ2v) is 9.46. The molecule has 0 bridgehead atoms. The molecule has 0 amide bonds. The minimum absolute atomic E-state index is 0.0121. The second kappa shape index (κ2) is 9.76. The van der Waals surface area contributed by atoms with Crippen LogP contribution in [0.3, 0.4) is 0 Å². The van der Waals surface area contributed by atoms with Gasteiger partial charge in [0, 0.05) is 49.0 Å². The molecule has 0 spiro atoms. The lowest BCUT2D eigenvalue weighted by molar-refractivity contribution is 0.269. The molecular formula is C21H22Cl2FN7OS. The van der Waals surface area contributed by atoms with Crippen molar-refractivity contribution in [3.05, 3.63) is 51.7 Å². The van der Waals surface area contributed by atoms with Gasteiger partial charge in [-0.2, -0.15) is 4.98 Å². The van der Waals surface area contributed by atoms with Crippen LogP contribution >= 0.6 is 34.7 Å². The Kier molecular flexibility index (Phi) is 6.99. The Morgan fingerprint density at radius 3 is 2.70 bits per heavy atom. The monoisotopic (exact) mass is 509 g/mol. The summed E-state index contributed by atoms with van der Waals surface area (Å²) < 4.78 is 18.2. The van der Waals surface area contributed by atoms with Gasteiger partial charge < -0.3 is 19.8 Å². The number of hydrogen-bond acceptors (Lipinski definition) is 9. The van der Waals surface area contributed by atoms with Crippen LogP contribution in [0.25, 0.3) is 11.3 Å². The average Bonchev–Trinajstić information content (AvgIpc) is 3.25. The third-order valence-electron chi connectivity index (χ3n) is 5.51. The van der Waals surface area contributed by atoms with Gasteiger partial charge in [0.2, 0.25) is 5.95 Å². The van der Waals surface area contributed by atoms with Crippen molar-refractivity contribution in [3.8, 4) is 11.3 Å². The standard InChI is InChI=1S/C21H22Cl2FN7OS/c1-12-10-30(20-19(23)33-28-27-20)6-7-31(12)18-9-17(14-4-5-16(24)15(22)8-14)25-21(26-18)29(3)13(2)11-32/h4-5,8-9,13,32H,1,6-7,10-11H2,2-3H3. The molecule has 1 atom stereocenters. The summed E-state index contributed by atoms with van der Waals surface area (Å²) in [5, 5.41) is 13.7. The summed E-state index contributed by atoms with van der Waals surface area (Å²) in [4.78, 5) is 15.2. The highest BCUT2D eigenvalue weighted by atomic mass is 35.5. The summed E-state index contributed by atoms with van der Waals surface area (Å²) in [5.74, 6) is 1.20. The Morgan fingerprint density at radius 1 is 1.27 bits per heavy atom. The average molecular weight is 510 g/mol. The third-order valence-corrected chi connectivity index (χ3v) is 6.69. The van der Waals surface area contributed by atoms with Gasteiger partial charge in [0.1, 0.15) is 11.6 Å². The number of anilines is 3. The molecule has 1 N–H and O–H groups in total. The molecule has 4 rings (SSSR count). The van der Waals surface area contributed by atoms with Crippen LogP contribution in [0.4, 0.5) is 22.0 Å². The van der Waals surface area contributed by atoms with Crippen LogP contribution in [-0.2, 0) is 0 Å². The lowest BCUT2D eigenvalue weighted by Crippen LogP contribution is -2.45. The SMILES string of the molecule is C=C1CN(c2nnsc2Cl)CCN1c1cc(-c2ccc(F)c(Cl)c2)nc(N(C)C(C)CO)n1. The molecule has 1 unspecified atom stereocenters. The minimum atomic E-state index is -0.499. The number of aliphatic hydroxyl groups excluding tert-OH is 1. The normalized spacial score (nSPS) is 15.2. The predicted molar refractivity (Wildman–Crippen MR) is 131 cm³/mol. The number of hydrogen-bond donors (Lipinski definition) is 1. The van der Waals surface area contributed by atoms with Gasteiger partial charge in [-0.15, -0.1) is 5.10 Å². The number of nitrogens with zero attached hydrogens (tertiary/aromatic N) is 7. The first-order valence-electron chi connectivity index (χ1n) is 10.1. The zero-order valence-corrected chi connectivity index (χ0v) is 20.4. The first-order chi connectivity index (χ1) is 15.8. The number of aliphatic hydroxyl groups is 1. The van der Waals surface area contributed by atoms with E-state index < -0.39 is 5.82 Å². The lowest BCUT2D eigenvalue weighted by Gasteiger charge is -2.37. The van der Waals surface area contributed by atoms with Gasteiger partial charge >= 0.3 is 0 Å². The fraction of sp³-hybridized carbons (Fsp3) is 0.333. The van der Waals surface area contributed by atoms with Crippen LogP contribution in [0, 0.1) is 5.82 Å². The first kappa shape index (κ1) is 23.6. The Labute approximate surface area is 205 Å². The zero-order chi connectivity index (χ0) is 23.7. The first-order valence-corrected chi connectivity index (χ1v) is 11.7. The quantitative estimate of drug-likeness (QED) is 0.531. The van der Waals surface area contributed by atoms with E-state index >= 15 is 0 Å². The second-order valence-electron chi connectivity index (χ2n) is 7.69. The Balaban J connectivity index is 1.70. The molecule has 1 fully saturated rings. The van der Waals surface area contributed by atoms with Gasteiger partial charge in [0.25, 0.3) is 0 Å². The molecule has 1 saturated heterocycles. The molecule has 12 heteroatoms. The number of rotatable bonds is 6. The van der Waals surface area contributed by atoms with Crippen LogP contribution in [0.5, 0.6) is 0 Å². The van der Waals surface area contributed by atoms with E-state index in [1.54, 1.807) is 11.0 Å². The molecule has 0 radical (unpaired) electrons. The van der Waals surface area contributed by atoms with E-state index in [2.05, 4.69) is 21.1 Å². The van der Waals surface area contributed by atoms with Crippen molar-refractivity contribution in [2.24, 2.45) is 0 Å². The van der Waals surface area contributed by atoms with E-state index in [4.69, 9.17) is 28.2 Å². The van der Waals surface area contributed by atoms with E-state index in [0.717, 1.165) is 17.2 Å². The highest BCUT2D eigenvalue weighted by Crippen LogP contribution is 2.32. The van der Waals surface area contributed by atoms with Crippen LogP contribution in [-0.4, -0.2) is 64.0 Å². The molecule has 0 aliphatic carbocycles. The van der Waals surface area contributed by atoms with E-state index in [0.29, 0.717) is 52.8 Å². The number of piperazine rings is 1. The van der Waals surface area contributed by atoms with E-state index in [9.17, 15) is 9.50 Å². The van der Waals surface area contributed by atoms with Crippen molar-refractivity contribution in [2.45, 2.75) is 13.0 Å². The minimum Gasteiger partial charge on any atom is -0.394 e. The maximum absolute atomic E-state index is 13.7. The lowest BCUT2D eigenvalue weighted by atomic mass is 10.1. The van der Waals surface area contributed by atoms with Gasteiger partial charge in [-0.05, 0) is 25.1 Å². The third kappa shape index (κ3) is 4.89. The molecule has 174 valence electrons. The molecule has 2 aromatic heterocycles. The molecule has 1 aromatic carbocycles. The fourth-order valence-corrected chi connectivity index (χ4v) is 4.30. The highest BCUT2D eigenvalue weighted by molar-refractivity contribution is 7.11. The summed E-state index contributed by atoms with van der Waals surface area (Å²) >= 11 is 13.4. The maximum atomic E-state index is 13.7. The summed E-state index contributed by atoms with van der Waals surface area (Å²) in [6.07, 6.45) is 0. The molecule has 0 saturated carbocycles. The van der Waals surface area contributed by atoms with Crippen LogP contribution < -0.4 is 14.7 Å². The van der Waals surface area contributed by atoms with Crippen molar-refractivity contribution < 1.29 is 9.50 Å². The van der Waals surface area contributed by atoms with E-state index in [1.165, 1.54) is 12.1 Å².